The predicted molar refractivity (Wildman–Crippen MR) is 124 cm³/mol. The first kappa shape index (κ1) is 20.7. The lowest BCUT2D eigenvalue weighted by Gasteiger charge is -2.08. The van der Waals surface area contributed by atoms with Crippen LogP contribution < -0.4 is 10.3 Å². The normalized spacial score (nSPS) is 10.9. The van der Waals surface area contributed by atoms with Gasteiger partial charge in [0.15, 0.2) is 4.96 Å². The van der Waals surface area contributed by atoms with Gasteiger partial charge in [0.25, 0.3) is 5.56 Å². The zero-order valence-corrected chi connectivity index (χ0v) is 18.4. The topological polar surface area (TPSA) is 87.7 Å². The van der Waals surface area contributed by atoms with Gasteiger partial charge in [0.05, 0.1) is 18.5 Å². The average molecular weight is 458 g/mol. The Morgan fingerprint density at radius 3 is 2.70 bits per heavy atom. The van der Waals surface area contributed by atoms with Crippen LogP contribution in [0.1, 0.15) is 16.1 Å². The van der Waals surface area contributed by atoms with Crippen molar-refractivity contribution in [3.8, 4) is 22.7 Å². The predicted octanol–water partition coefficient (Wildman–Crippen LogP) is 3.97. The van der Waals surface area contributed by atoms with Crippen LogP contribution in [0.15, 0.2) is 83.2 Å². The molecule has 8 nitrogen and oxygen atoms in total. The molecule has 0 unspecified atom stereocenters. The van der Waals surface area contributed by atoms with Crippen molar-refractivity contribution in [1.29, 1.82) is 0 Å². The van der Waals surface area contributed by atoms with Crippen LogP contribution in [0.5, 0.6) is 5.75 Å². The van der Waals surface area contributed by atoms with Crippen molar-refractivity contribution < 1.29 is 14.3 Å². The van der Waals surface area contributed by atoms with E-state index >= 15 is 0 Å². The van der Waals surface area contributed by atoms with E-state index in [2.05, 4.69) is 10.1 Å². The number of thiazole rings is 1. The van der Waals surface area contributed by atoms with E-state index in [0.29, 0.717) is 27.7 Å². The molecule has 0 N–H and O–H groups in total. The summed E-state index contributed by atoms with van der Waals surface area (Å²) in [5.41, 5.74) is 2.33. The number of fused-ring (bicyclic) bond motifs is 1. The summed E-state index contributed by atoms with van der Waals surface area (Å²) in [6, 6.07) is 18.2. The number of methoxy groups -OCH3 is 1. The highest BCUT2D eigenvalue weighted by molar-refractivity contribution is 7.15. The SMILES string of the molecule is COc1ccccc1-c1nn(-c2ccccc2)cc1C(=O)OCc1cc(=O)n2ccsc2n1. The Balaban J connectivity index is 1.50. The van der Waals surface area contributed by atoms with Crippen LogP contribution in [0.3, 0.4) is 0 Å². The molecule has 0 radical (unpaired) electrons. The van der Waals surface area contributed by atoms with Crippen molar-refractivity contribution in [2.24, 2.45) is 0 Å². The molecule has 0 aliphatic carbocycles. The second-order valence-electron chi connectivity index (χ2n) is 7.09. The van der Waals surface area contributed by atoms with Crippen LogP contribution in [0, 0.1) is 0 Å². The molecule has 0 bridgehead atoms. The smallest absolute Gasteiger partial charge is 0.342 e. The van der Waals surface area contributed by atoms with Gasteiger partial charge in [-0.3, -0.25) is 9.20 Å². The average Bonchev–Trinajstić information content (AvgIpc) is 3.51. The summed E-state index contributed by atoms with van der Waals surface area (Å²) in [6.45, 7) is -0.135. The van der Waals surface area contributed by atoms with Crippen LogP contribution in [0.4, 0.5) is 0 Å². The number of nitrogens with zero attached hydrogens (tertiary/aromatic N) is 4. The Morgan fingerprint density at radius 2 is 1.88 bits per heavy atom. The van der Waals surface area contributed by atoms with Gasteiger partial charge >= 0.3 is 5.97 Å². The van der Waals surface area contributed by atoms with E-state index < -0.39 is 5.97 Å². The van der Waals surface area contributed by atoms with Crippen LogP contribution >= 0.6 is 11.3 Å². The van der Waals surface area contributed by atoms with E-state index in [1.165, 1.54) is 21.8 Å². The van der Waals surface area contributed by atoms with Gasteiger partial charge in [-0.2, -0.15) is 5.10 Å². The van der Waals surface area contributed by atoms with E-state index in [9.17, 15) is 9.59 Å². The molecule has 5 rings (SSSR count). The maximum atomic E-state index is 13.1. The number of hydrogen-bond acceptors (Lipinski definition) is 7. The molecule has 9 heteroatoms. The van der Waals surface area contributed by atoms with Crippen molar-refractivity contribution in [2.75, 3.05) is 7.11 Å². The third-order valence-corrected chi connectivity index (χ3v) is 5.78. The van der Waals surface area contributed by atoms with Crippen molar-refractivity contribution >= 4 is 22.3 Å². The highest BCUT2D eigenvalue weighted by Crippen LogP contribution is 2.32. The molecule has 0 saturated carbocycles. The van der Waals surface area contributed by atoms with E-state index in [-0.39, 0.29) is 17.7 Å². The number of para-hydroxylation sites is 2. The van der Waals surface area contributed by atoms with Gasteiger partial charge < -0.3 is 9.47 Å². The lowest BCUT2D eigenvalue weighted by Crippen LogP contribution is -2.14. The zero-order valence-electron chi connectivity index (χ0n) is 17.5. The third-order valence-electron chi connectivity index (χ3n) is 5.02. The van der Waals surface area contributed by atoms with Crippen molar-refractivity contribution in [3.05, 3.63) is 100 Å². The third kappa shape index (κ3) is 4.01. The molecule has 0 fully saturated rings. The molecule has 3 aromatic heterocycles. The second kappa shape index (κ2) is 8.71. The number of esters is 1. The van der Waals surface area contributed by atoms with E-state index in [1.54, 1.807) is 35.6 Å². The second-order valence-corrected chi connectivity index (χ2v) is 7.96. The first-order valence-electron chi connectivity index (χ1n) is 10.1. The molecule has 5 aromatic rings. The number of aromatic nitrogens is 4. The van der Waals surface area contributed by atoms with Crippen LogP contribution in [-0.4, -0.2) is 32.2 Å². The first-order valence-corrected chi connectivity index (χ1v) is 10.9. The van der Waals surface area contributed by atoms with Gasteiger partial charge in [0, 0.05) is 29.4 Å². The van der Waals surface area contributed by atoms with Crippen LogP contribution in [0.25, 0.3) is 21.9 Å². The lowest BCUT2D eigenvalue weighted by atomic mass is 10.1. The standard InChI is InChI=1S/C24H18N4O4S/c1-31-20-10-6-5-9-18(20)22-19(14-28(26-22)17-7-3-2-4-8-17)23(30)32-15-16-13-21(29)27-11-12-33-24(27)25-16/h2-14H,15H2,1H3. The highest BCUT2D eigenvalue weighted by Gasteiger charge is 2.22. The Kier molecular flexibility index (Phi) is 5.45. The minimum atomic E-state index is -0.578. The van der Waals surface area contributed by atoms with Crippen LogP contribution in [-0.2, 0) is 11.3 Å². The van der Waals surface area contributed by atoms with Crippen molar-refractivity contribution in [3.63, 3.8) is 0 Å². The molecule has 33 heavy (non-hydrogen) atoms. The molecule has 0 aliphatic rings. The minimum absolute atomic E-state index is 0.135. The number of hydrogen-bond donors (Lipinski definition) is 0. The summed E-state index contributed by atoms with van der Waals surface area (Å²) in [5.74, 6) is 0.00830. The molecule has 0 atom stereocenters. The number of carbonyl (C=O) groups is 1. The first-order chi connectivity index (χ1) is 16.1. The van der Waals surface area contributed by atoms with Crippen molar-refractivity contribution in [2.45, 2.75) is 6.61 Å². The number of rotatable bonds is 6. The number of carbonyl (C=O) groups excluding carboxylic acids is 1. The van der Waals surface area contributed by atoms with E-state index in [4.69, 9.17) is 9.47 Å². The minimum Gasteiger partial charge on any atom is -0.496 e. The maximum absolute atomic E-state index is 13.1. The van der Waals surface area contributed by atoms with Gasteiger partial charge in [-0.05, 0) is 24.3 Å². The molecule has 3 heterocycles. The highest BCUT2D eigenvalue weighted by atomic mass is 32.1. The number of ether oxygens (including phenoxy) is 2. The fraction of sp³-hybridized carbons (Fsp3) is 0.0833. The fourth-order valence-corrected chi connectivity index (χ4v) is 4.19. The molecular formula is C24H18N4O4S. The van der Waals surface area contributed by atoms with E-state index in [1.807, 2.05) is 48.5 Å². The van der Waals surface area contributed by atoms with Gasteiger partial charge in [-0.25, -0.2) is 14.5 Å². The summed E-state index contributed by atoms with van der Waals surface area (Å²) in [7, 11) is 1.57. The van der Waals surface area contributed by atoms with Crippen molar-refractivity contribution in [1.82, 2.24) is 19.2 Å². The molecule has 0 spiro atoms. The Labute approximate surface area is 192 Å². The Morgan fingerprint density at radius 1 is 1.09 bits per heavy atom. The monoisotopic (exact) mass is 458 g/mol. The summed E-state index contributed by atoms with van der Waals surface area (Å²) in [4.78, 5) is 30.3. The number of benzene rings is 2. The molecule has 0 aliphatic heterocycles. The largest absolute Gasteiger partial charge is 0.496 e. The van der Waals surface area contributed by atoms with Gasteiger partial charge in [0.1, 0.15) is 23.6 Å². The molecule has 0 saturated heterocycles. The Hall–Kier alpha value is -4.24. The quantitative estimate of drug-likeness (QED) is 0.358. The molecule has 2 aromatic carbocycles. The maximum Gasteiger partial charge on any atom is 0.342 e. The van der Waals surface area contributed by atoms with Crippen LogP contribution in [0.2, 0.25) is 0 Å². The summed E-state index contributed by atoms with van der Waals surface area (Å²) < 4.78 is 14.1. The lowest BCUT2D eigenvalue weighted by molar-refractivity contribution is 0.0468. The fourth-order valence-electron chi connectivity index (χ4n) is 3.45. The molecule has 164 valence electrons. The summed E-state index contributed by atoms with van der Waals surface area (Å²) in [5, 5.41) is 6.43. The van der Waals surface area contributed by atoms with Gasteiger partial charge in [-0.15, -0.1) is 11.3 Å². The Bertz CT molecular complexity index is 1500. The van der Waals surface area contributed by atoms with Gasteiger partial charge in [0.2, 0.25) is 0 Å². The zero-order chi connectivity index (χ0) is 22.8. The molecular weight excluding hydrogens is 440 g/mol. The summed E-state index contributed by atoms with van der Waals surface area (Å²) >= 11 is 1.34. The van der Waals surface area contributed by atoms with Gasteiger partial charge in [-0.1, -0.05) is 30.3 Å². The summed E-state index contributed by atoms with van der Waals surface area (Å²) in [6.07, 6.45) is 3.28. The molecule has 0 amide bonds. The van der Waals surface area contributed by atoms with E-state index in [0.717, 1.165) is 5.69 Å².